The number of hydrogen-bond acceptors (Lipinski definition) is 3. The van der Waals surface area contributed by atoms with Crippen molar-refractivity contribution in [3.63, 3.8) is 0 Å². The normalized spacial score (nSPS) is 9.80. The third-order valence-electron chi connectivity index (χ3n) is 0.116. The fourth-order valence-corrected chi connectivity index (χ4v) is 0.671. The summed E-state index contributed by atoms with van der Waals surface area (Å²) in [5, 5.41) is 3.25. The van der Waals surface area contributed by atoms with Gasteiger partial charge in [0.15, 0.2) is 0 Å². The first kappa shape index (κ1) is 5.66. The lowest BCUT2D eigenvalue weighted by molar-refractivity contribution is 2.60. The van der Waals surface area contributed by atoms with Crippen LogP contribution in [0.1, 0.15) is 0 Å². The Kier molecular flexibility index (Phi) is 5.28. The van der Waals surface area contributed by atoms with Crippen LogP contribution in [0.25, 0.3) is 0 Å². The van der Waals surface area contributed by atoms with Gasteiger partial charge in [0.1, 0.15) is 0 Å². The molecule has 0 saturated carbocycles. The van der Waals surface area contributed by atoms with Crippen molar-refractivity contribution in [2.45, 2.75) is 0 Å². The summed E-state index contributed by atoms with van der Waals surface area (Å²) in [5.74, 6) is 0. The molecule has 0 aliphatic rings. The predicted molar refractivity (Wildman–Crippen MR) is 33.1 cm³/mol. The third-order valence-corrected chi connectivity index (χ3v) is 1.05. The summed E-state index contributed by atoms with van der Waals surface area (Å²) in [5.41, 5.74) is 0. The van der Waals surface area contributed by atoms with Gasteiger partial charge in [-0.2, -0.15) is 0 Å². The molecule has 0 aliphatic heterocycles. The summed E-state index contributed by atoms with van der Waals surface area (Å²) in [6.45, 7) is 0. The van der Waals surface area contributed by atoms with Gasteiger partial charge in [0.25, 0.3) is 0 Å². The Morgan fingerprint density at radius 2 is 2.40 bits per heavy atom. The number of rotatable bonds is 1. The van der Waals surface area contributed by atoms with Crippen molar-refractivity contribution >= 4 is 35.1 Å². The van der Waals surface area contributed by atoms with Gasteiger partial charge >= 0.3 is 0 Å². The molecular formula is C2H3S3-. The van der Waals surface area contributed by atoms with E-state index in [1.54, 1.807) is 5.41 Å². The maximum atomic E-state index is 4.40. The van der Waals surface area contributed by atoms with Gasteiger partial charge in [0, 0.05) is 0 Å². The first-order valence-corrected chi connectivity index (χ1v) is 3.39. The van der Waals surface area contributed by atoms with Gasteiger partial charge in [-0.1, -0.05) is 10.8 Å². The maximum absolute atomic E-state index is 4.40. The summed E-state index contributed by atoms with van der Waals surface area (Å²) in [7, 11) is 1.31. The van der Waals surface area contributed by atoms with Crippen LogP contribution < -0.4 is 0 Å². The van der Waals surface area contributed by atoms with Gasteiger partial charge in [-0.15, -0.1) is 11.7 Å². The van der Waals surface area contributed by atoms with E-state index in [1.165, 1.54) is 16.2 Å². The first-order valence-electron chi connectivity index (χ1n) is 0.987. The van der Waals surface area contributed by atoms with E-state index < -0.39 is 0 Å². The molecule has 0 spiro atoms. The molecule has 0 fully saturated rings. The van der Waals surface area contributed by atoms with Crippen LogP contribution in [0.15, 0.2) is 10.8 Å². The lowest BCUT2D eigenvalue weighted by Gasteiger charge is -1.79. The second kappa shape index (κ2) is 4.66. The molecule has 0 atom stereocenters. The molecule has 30 valence electrons. The van der Waals surface area contributed by atoms with Crippen LogP contribution in [0.2, 0.25) is 0 Å². The standard InChI is InChI=1S/C2H4S3/c3-1-2-5-4/h1-4H/p-1/b2-1+. The van der Waals surface area contributed by atoms with Crippen LogP contribution in [-0.4, -0.2) is 0 Å². The Bertz CT molecular complexity index is 31.9. The van der Waals surface area contributed by atoms with Crippen LogP contribution in [0.5, 0.6) is 0 Å². The minimum absolute atomic E-state index is 1.31. The third kappa shape index (κ3) is 4.66. The highest BCUT2D eigenvalue weighted by molar-refractivity contribution is 8.69. The van der Waals surface area contributed by atoms with E-state index in [-0.39, 0.29) is 0 Å². The van der Waals surface area contributed by atoms with Crippen LogP contribution in [0.4, 0.5) is 0 Å². The van der Waals surface area contributed by atoms with E-state index in [9.17, 15) is 0 Å². The molecule has 0 aromatic rings. The molecule has 0 radical (unpaired) electrons. The molecule has 5 heavy (non-hydrogen) atoms. The van der Waals surface area contributed by atoms with Crippen LogP contribution in [0, 0.1) is 0 Å². The summed E-state index contributed by atoms with van der Waals surface area (Å²) < 4.78 is 0. The van der Waals surface area contributed by atoms with Gasteiger partial charge in [-0.25, -0.2) is 5.41 Å². The van der Waals surface area contributed by atoms with E-state index in [0.717, 1.165) is 0 Å². The molecule has 0 amide bonds. The summed E-state index contributed by atoms with van der Waals surface area (Å²) in [6, 6.07) is 0. The average Bonchev–Trinajstić information content (AvgIpc) is 1.41. The van der Waals surface area contributed by atoms with E-state index in [4.69, 9.17) is 0 Å². The maximum Gasteiger partial charge on any atom is -0.0446 e. The topological polar surface area (TPSA) is 0 Å². The zero-order valence-electron chi connectivity index (χ0n) is 2.42. The van der Waals surface area contributed by atoms with Crippen molar-refractivity contribution in [2.24, 2.45) is 0 Å². The molecule has 0 saturated heterocycles. The van der Waals surface area contributed by atoms with Crippen molar-refractivity contribution in [3.05, 3.63) is 10.8 Å². The van der Waals surface area contributed by atoms with Crippen molar-refractivity contribution in [1.82, 2.24) is 0 Å². The van der Waals surface area contributed by atoms with E-state index in [0.29, 0.717) is 0 Å². The second-order valence-electron chi connectivity index (χ2n) is 0.378. The Hall–Kier alpha value is 0.660. The van der Waals surface area contributed by atoms with Crippen molar-refractivity contribution in [1.29, 1.82) is 0 Å². The minimum atomic E-state index is 1.31. The molecule has 0 rings (SSSR count). The van der Waals surface area contributed by atoms with Gasteiger partial charge in [0.05, 0.1) is 0 Å². The first-order chi connectivity index (χ1) is 2.41. The quantitative estimate of drug-likeness (QED) is 0.319. The van der Waals surface area contributed by atoms with Crippen LogP contribution in [-0.2, 0) is 12.6 Å². The monoisotopic (exact) mass is 123 g/mol. The van der Waals surface area contributed by atoms with Gasteiger partial charge in [0.2, 0.25) is 0 Å². The lowest BCUT2D eigenvalue weighted by Crippen LogP contribution is -1.29. The molecule has 3 heteroatoms. The molecule has 0 heterocycles. The molecule has 0 aromatic carbocycles. The smallest absolute Gasteiger partial charge is 0.0446 e. The van der Waals surface area contributed by atoms with Crippen LogP contribution in [0.3, 0.4) is 0 Å². The second-order valence-corrected chi connectivity index (χ2v) is 1.77. The Labute approximate surface area is 46.2 Å². The molecule has 0 nitrogen and oxygen atoms in total. The molecular weight excluding hydrogens is 120 g/mol. The Balaban J connectivity index is 2.62. The number of thiol groups is 1. The van der Waals surface area contributed by atoms with Gasteiger partial charge in [-0.3, -0.25) is 0 Å². The summed E-state index contributed by atoms with van der Waals surface area (Å²) >= 11 is 8.16. The van der Waals surface area contributed by atoms with E-state index in [2.05, 4.69) is 24.3 Å². The Morgan fingerprint density at radius 3 is 2.40 bits per heavy atom. The van der Waals surface area contributed by atoms with Gasteiger partial charge in [-0.05, 0) is 5.41 Å². The average molecular weight is 123 g/mol. The molecule has 0 bridgehead atoms. The highest BCUT2D eigenvalue weighted by Gasteiger charge is 1.47. The van der Waals surface area contributed by atoms with E-state index in [1.807, 2.05) is 0 Å². The highest BCUT2D eigenvalue weighted by atomic mass is 33.1. The Morgan fingerprint density at radius 1 is 1.80 bits per heavy atom. The van der Waals surface area contributed by atoms with Crippen LogP contribution >= 0.6 is 22.5 Å². The largest absolute Gasteiger partial charge is 0.787 e. The number of hydrogen-bond donors (Lipinski definition) is 1. The van der Waals surface area contributed by atoms with Crippen molar-refractivity contribution in [3.8, 4) is 0 Å². The van der Waals surface area contributed by atoms with Crippen molar-refractivity contribution in [2.75, 3.05) is 0 Å². The zero-order valence-corrected chi connectivity index (χ0v) is 4.95. The molecule has 0 N–H and O–H groups in total. The van der Waals surface area contributed by atoms with Crippen molar-refractivity contribution < 1.29 is 0 Å². The van der Waals surface area contributed by atoms with Gasteiger partial charge < -0.3 is 12.6 Å². The fraction of sp³-hybridized carbons (Fsp3) is 0. The SMILES string of the molecule is [S-]/C=C/SS. The highest BCUT2D eigenvalue weighted by Crippen LogP contribution is 2.03. The predicted octanol–water partition coefficient (Wildman–Crippen LogP) is 1.58. The fourth-order valence-electron chi connectivity index (χ4n) is 0.0248. The zero-order chi connectivity index (χ0) is 4.12. The molecule has 0 aliphatic carbocycles. The molecule has 0 unspecified atom stereocenters. The summed E-state index contributed by atoms with van der Waals surface area (Å²) in [4.78, 5) is 0. The summed E-state index contributed by atoms with van der Waals surface area (Å²) in [6.07, 6.45) is 0. The minimum Gasteiger partial charge on any atom is -0.787 e. The van der Waals surface area contributed by atoms with E-state index >= 15 is 0 Å². The molecule has 0 aromatic heterocycles. The lowest BCUT2D eigenvalue weighted by atomic mass is 11.3.